The van der Waals surface area contributed by atoms with Crippen molar-refractivity contribution in [3.8, 4) is 11.5 Å². The van der Waals surface area contributed by atoms with E-state index in [4.69, 9.17) is 25.4 Å². The van der Waals surface area contributed by atoms with E-state index < -0.39 is 12.0 Å². The third kappa shape index (κ3) is 8.45. The number of nitrogens with zero attached hydrogens (tertiary/aromatic N) is 1. The number of ether oxygens (including phenoxy) is 3. The van der Waals surface area contributed by atoms with Crippen LogP contribution in [0.1, 0.15) is 24.1 Å². The maximum Gasteiger partial charge on any atom is 0.332 e. The van der Waals surface area contributed by atoms with Gasteiger partial charge in [-0.3, -0.25) is 5.41 Å². The maximum absolute atomic E-state index is 12.5. The number of hydrogen-bond donors (Lipinski definition) is 3. The minimum Gasteiger partial charge on any atom is -0.490 e. The van der Waals surface area contributed by atoms with Crippen molar-refractivity contribution >= 4 is 42.3 Å². The molecule has 0 heterocycles. The molecule has 2 rings (SSSR count). The van der Waals surface area contributed by atoms with Crippen molar-refractivity contribution in [2.75, 3.05) is 46.3 Å². The van der Waals surface area contributed by atoms with Gasteiger partial charge in [0.25, 0.3) is 0 Å². The Balaban J connectivity index is 0.00000480. The second-order valence-corrected chi connectivity index (χ2v) is 6.88. The van der Waals surface area contributed by atoms with Crippen LogP contribution in [0.4, 0.5) is 5.69 Å². The van der Waals surface area contributed by atoms with E-state index in [9.17, 15) is 4.79 Å². The monoisotopic (exact) mass is 486 g/mol. The number of anilines is 1. The van der Waals surface area contributed by atoms with Gasteiger partial charge in [-0.1, -0.05) is 6.07 Å². The van der Waals surface area contributed by atoms with Gasteiger partial charge in [0.2, 0.25) is 0 Å². The van der Waals surface area contributed by atoms with Crippen LogP contribution in [0.25, 0.3) is 0 Å². The Morgan fingerprint density at radius 1 is 1.09 bits per heavy atom. The van der Waals surface area contributed by atoms with E-state index >= 15 is 0 Å². The highest BCUT2D eigenvalue weighted by molar-refractivity contribution is 5.95. The van der Waals surface area contributed by atoms with Crippen LogP contribution in [0.15, 0.2) is 42.5 Å². The second kappa shape index (κ2) is 14.4. The molecule has 0 saturated carbocycles. The number of likely N-dealkylation sites (N-methyl/N-ethyl adjacent to an activating group) is 1. The number of nitrogen functional groups attached to an aromatic ring is 1. The lowest BCUT2D eigenvalue weighted by atomic mass is 10.1. The molecule has 4 N–H and O–H groups in total. The molecule has 1 atom stereocenters. The van der Waals surface area contributed by atoms with Gasteiger partial charge in [-0.15, -0.1) is 24.8 Å². The summed E-state index contributed by atoms with van der Waals surface area (Å²) in [5.41, 5.74) is 7.48. The van der Waals surface area contributed by atoms with Gasteiger partial charge in [-0.2, -0.15) is 0 Å². The Hall–Kier alpha value is -2.68. The number of carbonyl (C=O) groups is 1. The first-order chi connectivity index (χ1) is 14.3. The molecule has 0 aliphatic rings. The zero-order chi connectivity index (χ0) is 22.1. The SMILES string of the molecule is CCOc1cc(C(Nc2ccc(C(=N)N)cc2)C(=O)OC)ccc1OCCN(C)C.Cl.Cl. The van der Waals surface area contributed by atoms with Crippen LogP contribution in [0.2, 0.25) is 0 Å². The molecule has 178 valence electrons. The summed E-state index contributed by atoms with van der Waals surface area (Å²) < 4.78 is 16.6. The summed E-state index contributed by atoms with van der Waals surface area (Å²) in [5.74, 6) is 0.736. The molecule has 2 aromatic carbocycles. The Labute approximate surface area is 201 Å². The number of methoxy groups -OCH3 is 1. The summed E-state index contributed by atoms with van der Waals surface area (Å²) in [6, 6.07) is 11.6. The Morgan fingerprint density at radius 2 is 1.75 bits per heavy atom. The number of halogens is 2. The van der Waals surface area contributed by atoms with Crippen LogP contribution in [-0.2, 0) is 9.53 Å². The number of nitrogens with two attached hydrogens (primary N) is 1. The van der Waals surface area contributed by atoms with Gasteiger partial charge in [0.05, 0.1) is 13.7 Å². The van der Waals surface area contributed by atoms with Gasteiger partial charge in [0, 0.05) is 17.8 Å². The molecule has 8 nitrogen and oxygen atoms in total. The van der Waals surface area contributed by atoms with Crippen molar-refractivity contribution in [3.63, 3.8) is 0 Å². The molecular formula is C22H32Cl2N4O4. The molecule has 2 aromatic rings. The fourth-order valence-electron chi connectivity index (χ4n) is 2.74. The molecule has 0 spiro atoms. The quantitative estimate of drug-likeness (QED) is 0.253. The lowest BCUT2D eigenvalue weighted by Gasteiger charge is -2.20. The first kappa shape index (κ1) is 29.3. The molecule has 0 saturated heterocycles. The first-order valence-electron chi connectivity index (χ1n) is 9.68. The fourth-order valence-corrected chi connectivity index (χ4v) is 2.74. The lowest BCUT2D eigenvalue weighted by Crippen LogP contribution is -2.23. The average molecular weight is 487 g/mol. The molecule has 10 heteroatoms. The summed E-state index contributed by atoms with van der Waals surface area (Å²) in [6.07, 6.45) is 0. The molecular weight excluding hydrogens is 455 g/mol. The standard InChI is InChI=1S/C22H30N4O4.2ClH/c1-5-29-19-14-16(8-11-18(19)30-13-12-26(2)3)20(22(27)28-4)25-17-9-6-15(7-10-17)21(23)24;;/h6-11,14,20,25H,5,12-13H2,1-4H3,(H3,23,24);2*1H. The van der Waals surface area contributed by atoms with Crippen molar-refractivity contribution in [3.05, 3.63) is 53.6 Å². The zero-order valence-electron chi connectivity index (χ0n) is 18.7. The molecule has 0 radical (unpaired) electrons. The number of amidine groups is 1. The van der Waals surface area contributed by atoms with Crippen molar-refractivity contribution in [1.29, 1.82) is 5.41 Å². The third-order valence-corrected chi connectivity index (χ3v) is 4.34. The Kier molecular flexibility index (Phi) is 13.2. The predicted octanol–water partition coefficient (Wildman–Crippen LogP) is 3.48. The molecule has 0 aliphatic heterocycles. The van der Waals surface area contributed by atoms with Gasteiger partial charge >= 0.3 is 5.97 Å². The highest BCUT2D eigenvalue weighted by Gasteiger charge is 2.23. The molecule has 0 amide bonds. The van der Waals surface area contributed by atoms with Gasteiger partial charge in [0.1, 0.15) is 12.4 Å². The van der Waals surface area contributed by atoms with Crippen molar-refractivity contribution in [1.82, 2.24) is 4.90 Å². The molecule has 1 unspecified atom stereocenters. The van der Waals surface area contributed by atoms with Crippen molar-refractivity contribution in [2.45, 2.75) is 13.0 Å². The van der Waals surface area contributed by atoms with Gasteiger partial charge < -0.3 is 30.2 Å². The summed E-state index contributed by atoms with van der Waals surface area (Å²) in [5, 5.41) is 10.7. The van der Waals surface area contributed by atoms with Crippen molar-refractivity contribution in [2.24, 2.45) is 5.73 Å². The van der Waals surface area contributed by atoms with Crippen LogP contribution in [0.3, 0.4) is 0 Å². The minimum atomic E-state index is -0.742. The average Bonchev–Trinajstić information content (AvgIpc) is 2.72. The van der Waals surface area contributed by atoms with E-state index in [1.807, 2.05) is 32.0 Å². The highest BCUT2D eigenvalue weighted by Crippen LogP contribution is 2.32. The van der Waals surface area contributed by atoms with E-state index in [1.165, 1.54) is 7.11 Å². The zero-order valence-corrected chi connectivity index (χ0v) is 20.3. The lowest BCUT2D eigenvalue weighted by molar-refractivity contribution is -0.141. The van der Waals surface area contributed by atoms with Crippen LogP contribution in [0.5, 0.6) is 11.5 Å². The van der Waals surface area contributed by atoms with Crippen molar-refractivity contribution < 1.29 is 19.0 Å². The normalized spacial score (nSPS) is 10.9. The third-order valence-electron chi connectivity index (χ3n) is 4.34. The van der Waals surface area contributed by atoms with E-state index in [0.29, 0.717) is 41.5 Å². The van der Waals surface area contributed by atoms with Crippen LogP contribution >= 0.6 is 24.8 Å². The largest absolute Gasteiger partial charge is 0.490 e. The molecule has 32 heavy (non-hydrogen) atoms. The van der Waals surface area contributed by atoms with Crippen LogP contribution < -0.4 is 20.5 Å². The number of carbonyl (C=O) groups excluding carboxylic acids is 1. The smallest absolute Gasteiger partial charge is 0.332 e. The second-order valence-electron chi connectivity index (χ2n) is 6.88. The Bertz CT molecular complexity index is 864. The number of nitrogens with one attached hydrogen (secondary N) is 2. The van der Waals surface area contributed by atoms with E-state index in [2.05, 4.69) is 5.32 Å². The number of esters is 1. The summed E-state index contributed by atoms with van der Waals surface area (Å²) in [7, 11) is 5.30. The van der Waals surface area contributed by atoms with Crippen LogP contribution in [0, 0.1) is 5.41 Å². The fraction of sp³-hybridized carbons (Fsp3) is 0.364. The van der Waals surface area contributed by atoms with Gasteiger partial charge in [0.15, 0.2) is 17.5 Å². The van der Waals surface area contributed by atoms with E-state index in [0.717, 1.165) is 6.54 Å². The predicted molar refractivity (Wildman–Crippen MR) is 132 cm³/mol. The molecule has 0 aliphatic carbocycles. The summed E-state index contributed by atoms with van der Waals surface area (Å²) in [6.45, 7) is 3.66. The Morgan fingerprint density at radius 3 is 2.28 bits per heavy atom. The topological polar surface area (TPSA) is 110 Å². The number of benzene rings is 2. The number of hydrogen-bond acceptors (Lipinski definition) is 7. The van der Waals surface area contributed by atoms with E-state index in [1.54, 1.807) is 36.4 Å². The van der Waals surface area contributed by atoms with Crippen LogP contribution in [-0.4, -0.2) is 57.7 Å². The van der Waals surface area contributed by atoms with Gasteiger partial charge in [-0.25, -0.2) is 4.79 Å². The first-order valence-corrected chi connectivity index (χ1v) is 9.68. The summed E-state index contributed by atoms with van der Waals surface area (Å²) in [4.78, 5) is 14.5. The van der Waals surface area contributed by atoms with E-state index in [-0.39, 0.29) is 30.6 Å². The number of rotatable bonds is 11. The molecule has 0 fully saturated rings. The maximum atomic E-state index is 12.5. The minimum absolute atomic E-state index is 0. The summed E-state index contributed by atoms with van der Waals surface area (Å²) >= 11 is 0. The highest BCUT2D eigenvalue weighted by atomic mass is 35.5. The molecule has 0 bridgehead atoms. The molecule has 0 aromatic heterocycles. The van der Waals surface area contributed by atoms with Gasteiger partial charge in [-0.05, 0) is 63.0 Å².